The Morgan fingerprint density at radius 3 is 2.71 bits per heavy atom. The van der Waals surface area contributed by atoms with Crippen LogP contribution in [0, 0.1) is 0 Å². The van der Waals surface area contributed by atoms with E-state index in [1.165, 1.54) is 0 Å². The summed E-state index contributed by atoms with van der Waals surface area (Å²) in [7, 11) is 3.16. The van der Waals surface area contributed by atoms with Crippen molar-refractivity contribution in [3.63, 3.8) is 0 Å². The summed E-state index contributed by atoms with van der Waals surface area (Å²) in [4.78, 5) is 17.8. The predicted molar refractivity (Wildman–Crippen MR) is 79.1 cm³/mol. The molecule has 1 aliphatic rings. The monoisotopic (exact) mass is 293 g/mol. The molecule has 21 heavy (non-hydrogen) atoms. The van der Waals surface area contributed by atoms with Gasteiger partial charge in [0, 0.05) is 45.0 Å². The second kappa shape index (κ2) is 7.95. The molecule has 6 heteroatoms. The van der Waals surface area contributed by atoms with Crippen LogP contribution < -0.4 is 10.1 Å². The minimum Gasteiger partial charge on any atom is -0.481 e. The van der Waals surface area contributed by atoms with Crippen molar-refractivity contribution in [2.75, 3.05) is 33.9 Å². The third-order valence-electron chi connectivity index (χ3n) is 3.72. The number of hydrogen-bond acceptors (Lipinski definition) is 5. The van der Waals surface area contributed by atoms with Crippen LogP contribution in [0.3, 0.4) is 0 Å². The summed E-state index contributed by atoms with van der Waals surface area (Å²) in [6, 6.07) is 4.32. The summed E-state index contributed by atoms with van der Waals surface area (Å²) in [6.45, 7) is 2.55. The molecule has 0 unspecified atom stereocenters. The number of piperidine rings is 1. The second-order valence-electron chi connectivity index (χ2n) is 5.18. The maximum atomic E-state index is 11.7. The second-order valence-corrected chi connectivity index (χ2v) is 5.18. The van der Waals surface area contributed by atoms with Gasteiger partial charge in [-0.3, -0.25) is 4.79 Å². The van der Waals surface area contributed by atoms with E-state index in [1.807, 2.05) is 23.2 Å². The average Bonchev–Trinajstić information content (AvgIpc) is 2.54. The molecule has 6 nitrogen and oxygen atoms in total. The van der Waals surface area contributed by atoms with Crippen molar-refractivity contribution >= 4 is 5.91 Å². The van der Waals surface area contributed by atoms with E-state index in [0.717, 1.165) is 38.0 Å². The molecule has 0 bridgehead atoms. The van der Waals surface area contributed by atoms with Crippen molar-refractivity contribution < 1.29 is 14.3 Å². The zero-order valence-corrected chi connectivity index (χ0v) is 12.7. The fraction of sp³-hybridized carbons (Fsp3) is 0.600. The maximum absolute atomic E-state index is 11.7. The number of pyridine rings is 1. The van der Waals surface area contributed by atoms with Gasteiger partial charge in [0.1, 0.15) is 6.61 Å². The van der Waals surface area contributed by atoms with Crippen molar-refractivity contribution in [3.8, 4) is 5.88 Å². The number of amides is 1. The molecule has 0 aliphatic carbocycles. The number of nitrogens with one attached hydrogen (secondary N) is 1. The SMILES string of the molecule is COCC(=O)N1CCC(NCc2ccc(OC)nc2)CC1. The molecule has 0 atom stereocenters. The van der Waals surface area contributed by atoms with E-state index in [1.54, 1.807) is 14.2 Å². The van der Waals surface area contributed by atoms with Crippen LogP contribution in [0.15, 0.2) is 18.3 Å². The third kappa shape index (κ3) is 4.68. The van der Waals surface area contributed by atoms with E-state index in [4.69, 9.17) is 9.47 Å². The summed E-state index contributed by atoms with van der Waals surface area (Å²) < 4.78 is 9.92. The minimum atomic E-state index is 0.0790. The molecule has 1 saturated heterocycles. The number of ether oxygens (including phenoxy) is 2. The summed E-state index contributed by atoms with van der Waals surface area (Å²) >= 11 is 0. The van der Waals surface area contributed by atoms with Gasteiger partial charge >= 0.3 is 0 Å². The van der Waals surface area contributed by atoms with E-state index in [0.29, 0.717) is 11.9 Å². The van der Waals surface area contributed by atoms with Crippen molar-refractivity contribution in [1.82, 2.24) is 15.2 Å². The number of nitrogens with zero attached hydrogens (tertiary/aromatic N) is 2. The topological polar surface area (TPSA) is 63.7 Å². The number of likely N-dealkylation sites (tertiary alicyclic amines) is 1. The van der Waals surface area contributed by atoms with Gasteiger partial charge < -0.3 is 19.7 Å². The van der Waals surface area contributed by atoms with Crippen LogP contribution in [-0.2, 0) is 16.1 Å². The van der Waals surface area contributed by atoms with Crippen LogP contribution >= 0.6 is 0 Å². The molecule has 1 fully saturated rings. The molecule has 0 spiro atoms. The van der Waals surface area contributed by atoms with Crippen LogP contribution in [0.1, 0.15) is 18.4 Å². The quantitative estimate of drug-likeness (QED) is 0.841. The van der Waals surface area contributed by atoms with Gasteiger partial charge in [-0.25, -0.2) is 4.98 Å². The highest BCUT2D eigenvalue weighted by Gasteiger charge is 2.22. The number of carbonyl (C=O) groups is 1. The highest BCUT2D eigenvalue weighted by Crippen LogP contribution is 2.12. The van der Waals surface area contributed by atoms with E-state index >= 15 is 0 Å². The van der Waals surface area contributed by atoms with E-state index < -0.39 is 0 Å². The van der Waals surface area contributed by atoms with Gasteiger partial charge in [-0.2, -0.15) is 0 Å². The number of hydrogen-bond donors (Lipinski definition) is 1. The minimum absolute atomic E-state index is 0.0790. The molecule has 0 radical (unpaired) electrons. The molecule has 116 valence electrons. The van der Waals surface area contributed by atoms with Crippen LogP contribution in [0.25, 0.3) is 0 Å². The molecule has 1 N–H and O–H groups in total. The lowest BCUT2D eigenvalue weighted by Gasteiger charge is -2.32. The van der Waals surface area contributed by atoms with Gasteiger partial charge in [0.15, 0.2) is 0 Å². The lowest BCUT2D eigenvalue weighted by Crippen LogP contribution is -2.45. The fourth-order valence-electron chi connectivity index (χ4n) is 2.45. The van der Waals surface area contributed by atoms with Crippen LogP contribution in [0.5, 0.6) is 5.88 Å². The highest BCUT2D eigenvalue weighted by molar-refractivity contribution is 5.77. The fourth-order valence-corrected chi connectivity index (χ4v) is 2.45. The van der Waals surface area contributed by atoms with Gasteiger partial charge in [0.2, 0.25) is 11.8 Å². The number of aromatic nitrogens is 1. The molecule has 2 rings (SSSR count). The molecule has 1 aromatic heterocycles. The van der Waals surface area contributed by atoms with Crippen molar-refractivity contribution in [3.05, 3.63) is 23.9 Å². The molecular weight excluding hydrogens is 270 g/mol. The Morgan fingerprint density at radius 1 is 1.38 bits per heavy atom. The zero-order valence-electron chi connectivity index (χ0n) is 12.7. The van der Waals surface area contributed by atoms with Crippen molar-refractivity contribution in [2.24, 2.45) is 0 Å². The standard InChI is InChI=1S/C15H23N3O3/c1-20-11-15(19)18-7-5-13(6-8-18)16-9-12-3-4-14(21-2)17-10-12/h3-4,10,13,16H,5-9,11H2,1-2H3. The first-order valence-corrected chi connectivity index (χ1v) is 7.22. The van der Waals surface area contributed by atoms with Crippen molar-refractivity contribution in [2.45, 2.75) is 25.4 Å². The Morgan fingerprint density at radius 2 is 2.14 bits per heavy atom. The van der Waals surface area contributed by atoms with Crippen molar-refractivity contribution in [1.29, 1.82) is 0 Å². The molecule has 1 aromatic rings. The summed E-state index contributed by atoms with van der Waals surface area (Å²) in [6.07, 6.45) is 3.77. The number of carbonyl (C=O) groups excluding carboxylic acids is 1. The Bertz CT molecular complexity index is 442. The van der Waals surface area contributed by atoms with E-state index in [2.05, 4.69) is 10.3 Å². The van der Waals surface area contributed by atoms with Crippen LogP contribution in [0.4, 0.5) is 0 Å². The normalized spacial score (nSPS) is 16.0. The first kappa shape index (κ1) is 15.7. The lowest BCUT2D eigenvalue weighted by molar-refractivity contribution is -0.136. The molecule has 2 heterocycles. The largest absolute Gasteiger partial charge is 0.481 e. The van der Waals surface area contributed by atoms with Crippen LogP contribution in [0.2, 0.25) is 0 Å². The van der Waals surface area contributed by atoms with E-state index in [9.17, 15) is 4.79 Å². The Balaban J connectivity index is 1.72. The summed E-state index contributed by atoms with van der Waals surface area (Å²) in [5, 5.41) is 3.52. The van der Waals surface area contributed by atoms with Gasteiger partial charge in [0.05, 0.1) is 7.11 Å². The third-order valence-corrected chi connectivity index (χ3v) is 3.72. The predicted octanol–water partition coefficient (Wildman–Crippen LogP) is 0.817. The van der Waals surface area contributed by atoms with Gasteiger partial charge in [-0.1, -0.05) is 6.07 Å². The summed E-state index contributed by atoms with van der Waals surface area (Å²) in [5.41, 5.74) is 1.13. The average molecular weight is 293 g/mol. The lowest BCUT2D eigenvalue weighted by atomic mass is 10.0. The molecular formula is C15H23N3O3. The Hall–Kier alpha value is -1.66. The number of rotatable bonds is 6. The van der Waals surface area contributed by atoms with Gasteiger partial charge in [0.25, 0.3) is 0 Å². The maximum Gasteiger partial charge on any atom is 0.248 e. The molecule has 1 amide bonds. The first-order chi connectivity index (χ1) is 10.2. The molecule has 0 saturated carbocycles. The first-order valence-electron chi connectivity index (χ1n) is 7.22. The van der Waals surface area contributed by atoms with Crippen LogP contribution in [-0.4, -0.2) is 55.7 Å². The van der Waals surface area contributed by atoms with Gasteiger partial charge in [-0.15, -0.1) is 0 Å². The zero-order chi connectivity index (χ0) is 15.1. The highest BCUT2D eigenvalue weighted by atomic mass is 16.5. The Kier molecular flexibility index (Phi) is 5.95. The van der Waals surface area contributed by atoms with E-state index in [-0.39, 0.29) is 12.5 Å². The summed E-state index contributed by atoms with van der Waals surface area (Å²) in [5.74, 6) is 0.707. The molecule has 0 aromatic carbocycles. The van der Waals surface area contributed by atoms with Gasteiger partial charge in [-0.05, 0) is 18.4 Å². The smallest absolute Gasteiger partial charge is 0.248 e. The number of methoxy groups -OCH3 is 2. The Labute approximate surface area is 125 Å². The molecule has 1 aliphatic heterocycles.